The number of amides is 1. The third kappa shape index (κ3) is 3.95. The number of nitrogens with one attached hydrogen (secondary N) is 1. The van der Waals surface area contributed by atoms with Gasteiger partial charge in [0.2, 0.25) is 5.91 Å². The number of carbonyl (C=O) groups is 1. The number of hydrogen-bond acceptors (Lipinski definition) is 3. The number of carbonyl (C=O) groups excluding carboxylic acids is 1. The van der Waals surface area contributed by atoms with Crippen molar-refractivity contribution in [1.82, 2.24) is 10.2 Å². The minimum Gasteiger partial charge on any atom is -0.379 e. The molecule has 1 N–H and O–H groups in total. The van der Waals surface area contributed by atoms with Crippen LogP contribution in [0, 0.1) is 11.7 Å². The van der Waals surface area contributed by atoms with Gasteiger partial charge in [-0.25, -0.2) is 4.39 Å². The Kier molecular flexibility index (Phi) is 5.85. The van der Waals surface area contributed by atoms with Crippen molar-refractivity contribution in [1.29, 1.82) is 0 Å². The topological polar surface area (TPSA) is 41.6 Å². The molecule has 0 bridgehead atoms. The summed E-state index contributed by atoms with van der Waals surface area (Å²) in [5.74, 6) is 0.0789. The van der Waals surface area contributed by atoms with Crippen molar-refractivity contribution in [2.45, 2.75) is 44.7 Å². The van der Waals surface area contributed by atoms with Crippen molar-refractivity contribution >= 4 is 5.91 Å². The molecule has 0 aromatic heterocycles. The highest BCUT2D eigenvalue weighted by Crippen LogP contribution is 2.28. The number of ether oxygens (including phenoxy) is 1. The molecule has 4 nitrogen and oxygen atoms in total. The number of halogens is 1. The summed E-state index contributed by atoms with van der Waals surface area (Å²) in [6.07, 6.45) is 4.54. The predicted molar refractivity (Wildman–Crippen MR) is 91.1 cm³/mol. The van der Waals surface area contributed by atoms with Crippen LogP contribution in [-0.4, -0.2) is 43.2 Å². The molecule has 1 aromatic rings. The monoisotopic (exact) mass is 334 g/mol. The van der Waals surface area contributed by atoms with Crippen molar-refractivity contribution in [3.05, 3.63) is 35.6 Å². The van der Waals surface area contributed by atoms with Gasteiger partial charge in [-0.05, 0) is 24.8 Å². The molecule has 3 rings (SSSR count). The molecule has 2 fully saturated rings. The minimum absolute atomic E-state index is 0.0826. The molecule has 1 aromatic carbocycles. The van der Waals surface area contributed by atoms with E-state index in [0.29, 0.717) is 37.8 Å². The van der Waals surface area contributed by atoms with Gasteiger partial charge in [-0.1, -0.05) is 38.0 Å². The van der Waals surface area contributed by atoms with E-state index in [4.69, 9.17) is 4.74 Å². The van der Waals surface area contributed by atoms with Crippen molar-refractivity contribution in [3.8, 4) is 0 Å². The maximum atomic E-state index is 14.4. The first kappa shape index (κ1) is 17.4. The molecule has 0 radical (unpaired) electrons. The van der Waals surface area contributed by atoms with Crippen LogP contribution in [0.3, 0.4) is 0 Å². The van der Waals surface area contributed by atoms with Crippen molar-refractivity contribution < 1.29 is 13.9 Å². The first-order chi connectivity index (χ1) is 11.7. The van der Waals surface area contributed by atoms with Gasteiger partial charge in [0, 0.05) is 24.7 Å². The smallest absolute Gasteiger partial charge is 0.242 e. The van der Waals surface area contributed by atoms with Gasteiger partial charge in [-0.15, -0.1) is 0 Å². The normalized spacial score (nSPS) is 26.8. The Hall–Kier alpha value is -1.46. The first-order valence-electron chi connectivity index (χ1n) is 9.03. The third-order valence-electron chi connectivity index (χ3n) is 5.30. The van der Waals surface area contributed by atoms with Gasteiger partial charge in [-0.2, -0.15) is 0 Å². The zero-order valence-electron chi connectivity index (χ0n) is 14.3. The molecule has 1 saturated heterocycles. The zero-order valence-corrected chi connectivity index (χ0v) is 14.3. The molecule has 0 spiro atoms. The summed E-state index contributed by atoms with van der Waals surface area (Å²) in [5.41, 5.74) is 0.459. The quantitative estimate of drug-likeness (QED) is 0.920. The number of morpholine rings is 1. The fourth-order valence-corrected chi connectivity index (χ4v) is 3.83. The molecule has 132 valence electrons. The molecule has 3 atom stereocenters. The summed E-state index contributed by atoms with van der Waals surface area (Å²) in [7, 11) is 0. The Labute approximate surface area is 143 Å². The fourth-order valence-electron chi connectivity index (χ4n) is 3.83. The Morgan fingerprint density at radius 2 is 1.96 bits per heavy atom. The summed E-state index contributed by atoms with van der Waals surface area (Å²) < 4.78 is 19.8. The Bertz CT molecular complexity index is 560. The molecule has 1 heterocycles. The SMILES string of the molecule is C[C@@H]1CCCC[C@H]1NC(=O)[C@@H](c1ccccc1F)N1CCOCC1. The van der Waals surface area contributed by atoms with Gasteiger partial charge in [0.15, 0.2) is 0 Å². The van der Waals surface area contributed by atoms with Gasteiger partial charge >= 0.3 is 0 Å². The second kappa shape index (κ2) is 8.08. The maximum Gasteiger partial charge on any atom is 0.242 e. The highest BCUT2D eigenvalue weighted by molar-refractivity contribution is 5.83. The molecule has 0 unspecified atom stereocenters. The van der Waals surface area contributed by atoms with E-state index in [1.54, 1.807) is 18.2 Å². The molecule has 1 aliphatic carbocycles. The first-order valence-corrected chi connectivity index (χ1v) is 9.03. The van der Waals surface area contributed by atoms with Gasteiger partial charge in [0.25, 0.3) is 0 Å². The number of hydrogen-bond donors (Lipinski definition) is 1. The molecular formula is C19H27FN2O2. The summed E-state index contributed by atoms with van der Waals surface area (Å²) >= 11 is 0. The standard InChI is InChI=1S/C19H27FN2O2/c1-14-6-2-5-9-17(14)21-19(23)18(22-10-12-24-13-11-22)15-7-3-4-8-16(15)20/h3-4,7-8,14,17-18H,2,5-6,9-13H2,1H3,(H,21,23)/t14-,17-,18-/m1/s1. The molecule has 1 amide bonds. The van der Waals surface area contributed by atoms with E-state index in [2.05, 4.69) is 12.2 Å². The molecule has 2 aliphatic rings. The second-order valence-electron chi connectivity index (χ2n) is 6.95. The lowest BCUT2D eigenvalue weighted by atomic mass is 9.85. The highest BCUT2D eigenvalue weighted by Gasteiger charge is 2.33. The van der Waals surface area contributed by atoms with E-state index in [-0.39, 0.29) is 17.8 Å². The van der Waals surface area contributed by atoms with E-state index >= 15 is 0 Å². The van der Waals surface area contributed by atoms with E-state index < -0.39 is 6.04 Å². The van der Waals surface area contributed by atoms with Crippen molar-refractivity contribution in [3.63, 3.8) is 0 Å². The van der Waals surface area contributed by atoms with E-state index in [9.17, 15) is 9.18 Å². The predicted octanol–water partition coefficient (Wildman–Crippen LogP) is 2.89. The van der Waals surface area contributed by atoms with Crippen LogP contribution in [0.2, 0.25) is 0 Å². The van der Waals surface area contributed by atoms with Crippen LogP contribution in [0.1, 0.15) is 44.2 Å². The summed E-state index contributed by atoms with van der Waals surface area (Å²) in [6.45, 7) is 4.65. The fraction of sp³-hybridized carbons (Fsp3) is 0.632. The van der Waals surface area contributed by atoms with Crippen LogP contribution in [0.4, 0.5) is 4.39 Å². The van der Waals surface area contributed by atoms with Gasteiger partial charge in [0.05, 0.1) is 13.2 Å². The van der Waals surface area contributed by atoms with Crippen molar-refractivity contribution in [2.24, 2.45) is 5.92 Å². The van der Waals surface area contributed by atoms with Crippen LogP contribution in [0.15, 0.2) is 24.3 Å². The molecule has 24 heavy (non-hydrogen) atoms. The van der Waals surface area contributed by atoms with E-state index in [1.165, 1.54) is 12.5 Å². The van der Waals surface area contributed by atoms with Gasteiger partial charge in [0.1, 0.15) is 11.9 Å². The number of rotatable bonds is 4. The Morgan fingerprint density at radius 3 is 2.67 bits per heavy atom. The number of benzene rings is 1. The summed E-state index contributed by atoms with van der Waals surface area (Å²) in [4.78, 5) is 15.1. The molecule has 1 aliphatic heterocycles. The van der Waals surface area contributed by atoms with E-state index in [0.717, 1.165) is 19.3 Å². The van der Waals surface area contributed by atoms with Crippen LogP contribution >= 0.6 is 0 Å². The van der Waals surface area contributed by atoms with Crippen LogP contribution in [0.5, 0.6) is 0 Å². The molecular weight excluding hydrogens is 307 g/mol. The summed E-state index contributed by atoms with van der Waals surface area (Å²) in [5, 5.41) is 3.20. The summed E-state index contributed by atoms with van der Waals surface area (Å²) in [6, 6.07) is 6.22. The lowest BCUT2D eigenvalue weighted by Gasteiger charge is -2.36. The lowest BCUT2D eigenvalue weighted by molar-refractivity contribution is -0.130. The number of nitrogens with zero attached hydrogens (tertiary/aromatic N) is 1. The van der Waals surface area contributed by atoms with E-state index in [1.807, 2.05) is 4.90 Å². The average Bonchev–Trinajstić information content (AvgIpc) is 2.60. The third-order valence-corrected chi connectivity index (χ3v) is 5.30. The lowest BCUT2D eigenvalue weighted by Crippen LogP contribution is -2.50. The average molecular weight is 334 g/mol. The van der Waals surface area contributed by atoms with Crippen molar-refractivity contribution in [2.75, 3.05) is 26.3 Å². The van der Waals surface area contributed by atoms with Crippen LogP contribution in [0.25, 0.3) is 0 Å². The maximum absolute atomic E-state index is 14.4. The van der Waals surface area contributed by atoms with Gasteiger partial charge < -0.3 is 10.1 Å². The zero-order chi connectivity index (χ0) is 16.9. The Morgan fingerprint density at radius 1 is 1.25 bits per heavy atom. The second-order valence-corrected chi connectivity index (χ2v) is 6.95. The Balaban J connectivity index is 1.80. The van der Waals surface area contributed by atoms with Crippen LogP contribution in [-0.2, 0) is 9.53 Å². The minimum atomic E-state index is -0.579. The highest BCUT2D eigenvalue weighted by atomic mass is 19.1. The van der Waals surface area contributed by atoms with Gasteiger partial charge in [-0.3, -0.25) is 9.69 Å². The molecule has 5 heteroatoms. The molecule has 1 saturated carbocycles. The van der Waals surface area contributed by atoms with Crippen LogP contribution < -0.4 is 5.32 Å². The largest absolute Gasteiger partial charge is 0.379 e.